The van der Waals surface area contributed by atoms with E-state index in [9.17, 15) is 0 Å². The fourth-order valence-corrected chi connectivity index (χ4v) is 5.27. The second kappa shape index (κ2) is 22.3. The molecule has 0 aliphatic carbocycles. The van der Waals surface area contributed by atoms with Crippen molar-refractivity contribution in [1.29, 1.82) is 0 Å². The molecule has 0 N–H and O–H groups in total. The highest BCUT2D eigenvalue weighted by Crippen LogP contribution is 2.26. The lowest BCUT2D eigenvalue weighted by Crippen LogP contribution is -1.88. The number of halogens is 3. The Hall–Kier alpha value is -2.25. The molecule has 3 heteroatoms. The monoisotopic (exact) mass is 638 g/mol. The third kappa shape index (κ3) is 14.4. The molecular formula is C40H53Cl3. The maximum Gasteiger partial charge on any atom is 0.0441 e. The summed E-state index contributed by atoms with van der Waals surface area (Å²) in [5.41, 5.74) is 10.5. The first-order chi connectivity index (χ1) is 20.7. The molecule has 0 unspecified atom stereocenters. The number of rotatable bonds is 8. The molecule has 4 aromatic rings. The standard InChI is InChI=1S/C10H12Cl2.C10H13Cl.2C10H14/c1-3-7-5-10(12)8(4-2)6-9(7)11;1-3-8-5-6-9(4-2)10(11)7-8;2*1-3-9-5-7-10(4-2)8-6-9/h5-6H,3-4H2,1-2H3;5-7H,3-4H2,1-2H3;2*5-8H,3-4H2,1-2H3. The Labute approximate surface area is 278 Å². The van der Waals surface area contributed by atoms with E-state index in [1.807, 2.05) is 12.1 Å². The molecule has 0 saturated heterocycles. The van der Waals surface area contributed by atoms with Crippen molar-refractivity contribution >= 4 is 34.8 Å². The highest BCUT2D eigenvalue weighted by atomic mass is 35.5. The van der Waals surface area contributed by atoms with E-state index in [4.69, 9.17) is 34.8 Å². The van der Waals surface area contributed by atoms with Crippen LogP contribution in [0, 0.1) is 0 Å². The Balaban J connectivity index is 0.000000287. The fraction of sp³-hybridized carbons (Fsp3) is 0.400. The number of benzene rings is 4. The van der Waals surface area contributed by atoms with Gasteiger partial charge in [0, 0.05) is 15.1 Å². The van der Waals surface area contributed by atoms with Crippen LogP contribution >= 0.6 is 34.8 Å². The molecule has 0 radical (unpaired) electrons. The zero-order chi connectivity index (χ0) is 32.2. The van der Waals surface area contributed by atoms with Crippen molar-refractivity contribution in [2.24, 2.45) is 0 Å². The lowest BCUT2D eigenvalue weighted by molar-refractivity contribution is 1.10. The van der Waals surface area contributed by atoms with Gasteiger partial charge in [0.2, 0.25) is 0 Å². The van der Waals surface area contributed by atoms with Crippen LogP contribution < -0.4 is 0 Å². The summed E-state index contributed by atoms with van der Waals surface area (Å²) in [5.74, 6) is 0. The maximum absolute atomic E-state index is 6.02. The van der Waals surface area contributed by atoms with Gasteiger partial charge in [-0.1, -0.05) is 151 Å². The summed E-state index contributed by atoms with van der Waals surface area (Å²) in [6.07, 6.45) is 8.51. The van der Waals surface area contributed by atoms with Crippen LogP contribution in [0.2, 0.25) is 15.1 Å². The van der Waals surface area contributed by atoms with Crippen molar-refractivity contribution in [2.75, 3.05) is 0 Å². The molecule has 0 aliphatic rings. The van der Waals surface area contributed by atoms with Crippen LogP contribution in [0.1, 0.15) is 99.9 Å². The van der Waals surface area contributed by atoms with Crippen molar-refractivity contribution < 1.29 is 0 Å². The van der Waals surface area contributed by atoms with E-state index >= 15 is 0 Å². The molecule has 234 valence electrons. The second-order valence-electron chi connectivity index (χ2n) is 10.4. The molecule has 0 aromatic heterocycles. The van der Waals surface area contributed by atoms with Gasteiger partial charge in [0.05, 0.1) is 0 Å². The summed E-state index contributed by atoms with van der Waals surface area (Å²) < 4.78 is 0. The van der Waals surface area contributed by atoms with Crippen LogP contribution in [0.25, 0.3) is 0 Å². The summed E-state index contributed by atoms with van der Waals surface area (Å²) in [5, 5.41) is 2.57. The summed E-state index contributed by atoms with van der Waals surface area (Å²) in [7, 11) is 0. The van der Waals surface area contributed by atoms with E-state index in [1.54, 1.807) is 0 Å². The van der Waals surface area contributed by atoms with Crippen LogP contribution in [-0.4, -0.2) is 0 Å². The van der Waals surface area contributed by atoms with Gasteiger partial charge < -0.3 is 0 Å². The second-order valence-corrected chi connectivity index (χ2v) is 11.6. The molecule has 0 saturated carbocycles. The van der Waals surface area contributed by atoms with Crippen LogP contribution in [0.5, 0.6) is 0 Å². The van der Waals surface area contributed by atoms with Gasteiger partial charge in [-0.05, 0) is 114 Å². The summed E-state index contributed by atoms with van der Waals surface area (Å²) in [6.45, 7) is 17.1. The average Bonchev–Trinajstić information content (AvgIpc) is 3.06. The van der Waals surface area contributed by atoms with Gasteiger partial charge in [-0.2, -0.15) is 0 Å². The lowest BCUT2D eigenvalue weighted by Gasteiger charge is -2.05. The molecule has 0 nitrogen and oxygen atoms in total. The Morgan fingerprint density at radius 3 is 0.791 bits per heavy atom. The Bertz CT molecular complexity index is 1180. The molecule has 0 bridgehead atoms. The third-order valence-corrected chi connectivity index (χ3v) is 8.62. The first-order valence-corrected chi connectivity index (χ1v) is 17.2. The molecule has 0 spiro atoms. The maximum atomic E-state index is 6.02. The predicted octanol–water partition coefficient (Wildman–Crippen LogP) is 13.2. The highest BCUT2D eigenvalue weighted by molar-refractivity contribution is 6.34. The molecule has 0 fully saturated rings. The van der Waals surface area contributed by atoms with E-state index in [1.165, 1.54) is 33.4 Å². The molecular weight excluding hydrogens is 587 g/mol. The summed E-state index contributed by atoms with van der Waals surface area (Å²) >= 11 is 18.1. The summed E-state index contributed by atoms with van der Waals surface area (Å²) in [6, 6.07) is 27.9. The van der Waals surface area contributed by atoms with Crippen molar-refractivity contribution in [2.45, 2.75) is 107 Å². The van der Waals surface area contributed by atoms with Gasteiger partial charge in [-0.15, -0.1) is 0 Å². The number of aryl methyl sites for hydroxylation is 8. The van der Waals surface area contributed by atoms with Crippen LogP contribution in [0.4, 0.5) is 0 Å². The Kier molecular flexibility index (Phi) is 20.1. The minimum atomic E-state index is 0.832. The van der Waals surface area contributed by atoms with E-state index < -0.39 is 0 Å². The average molecular weight is 640 g/mol. The van der Waals surface area contributed by atoms with Crippen molar-refractivity contribution in [3.8, 4) is 0 Å². The molecule has 0 heterocycles. The molecule has 0 amide bonds. The predicted molar refractivity (Wildman–Crippen MR) is 196 cm³/mol. The van der Waals surface area contributed by atoms with Crippen molar-refractivity contribution in [3.63, 3.8) is 0 Å². The lowest BCUT2D eigenvalue weighted by atomic mass is 10.1. The smallest absolute Gasteiger partial charge is 0.0441 e. The van der Waals surface area contributed by atoms with E-state index in [-0.39, 0.29) is 0 Å². The van der Waals surface area contributed by atoms with E-state index in [2.05, 4.69) is 122 Å². The van der Waals surface area contributed by atoms with Gasteiger partial charge in [-0.3, -0.25) is 0 Å². The van der Waals surface area contributed by atoms with Crippen LogP contribution in [0.15, 0.2) is 78.9 Å². The van der Waals surface area contributed by atoms with Gasteiger partial charge in [0.1, 0.15) is 0 Å². The van der Waals surface area contributed by atoms with Crippen molar-refractivity contribution in [3.05, 3.63) is 138 Å². The van der Waals surface area contributed by atoms with Crippen LogP contribution in [-0.2, 0) is 51.4 Å². The Morgan fingerprint density at radius 2 is 0.558 bits per heavy atom. The number of hydrogen-bond acceptors (Lipinski definition) is 0. The SMILES string of the molecule is CCc1cc(Cl)c(CC)cc1Cl.CCc1ccc(CC)c(Cl)c1.CCc1ccc(CC)cc1.CCc1ccc(CC)cc1. The third-order valence-electron chi connectivity index (χ3n) is 7.56. The molecule has 4 aromatic carbocycles. The van der Waals surface area contributed by atoms with E-state index in [0.29, 0.717) is 0 Å². The minimum absolute atomic E-state index is 0.832. The minimum Gasteiger partial charge on any atom is -0.0840 e. The largest absolute Gasteiger partial charge is 0.0840 e. The van der Waals surface area contributed by atoms with E-state index in [0.717, 1.165) is 77.6 Å². The van der Waals surface area contributed by atoms with Gasteiger partial charge in [-0.25, -0.2) is 0 Å². The fourth-order valence-electron chi connectivity index (χ4n) is 4.29. The quantitative estimate of drug-likeness (QED) is 0.180. The van der Waals surface area contributed by atoms with Gasteiger partial charge in [0.15, 0.2) is 0 Å². The zero-order valence-electron chi connectivity index (χ0n) is 27.8. The first-order valence-electron chi connectivity index (χ1n) is 16.1. The first kappa shape index (κ1) is 38.8. The molecule has 0 atom stereocenters. The zero-order valence-corrected chi connectivity index (χ0v) is 30.1. The van der Waals surface area contributed by atoms with Crippen molar-refractivity contribution in [1.82, 2.24) is 0 Å². The number of hydrogen-bond donors (Lipinski definition) is 0. The molecule has 43 heavy (non-hydrogen) atoms. The molecule has 4 rings (SSSR count). The normalized spacial score (nSPS) is 10.0. The van der Waals surface area contributed by atoms with Gasteiger partial charge >= 0.3 is 0 Å². The molecule has 0 aliphatic heterocycles. The Morgan fingerprint density at radius 1 is 0.302 bits per heavy atom. The van der Waals surface area contributed by atoms with Crippen LogP contribution in [0.3, 0.4) is 0 Å². The van der Waals surface area contributed by atoms with Gasteiger partial charge in [0.25, 0.3) is 0 Å². The highest BCUT2D eigenvalue weighted by Gasteiger charge is 2.04. The topological polar surface area (TPSA) is 0 Å². The summed E-state index contributed by atoms with van der Waals surface area (Å²) in [4.78, 5) is 0.